The van der Waals surface area contributed by atoms with Gasteiger partial charge in [0.05, 0.1) is 7.11 Å². The van der Waals surface area contributed by atoms with E-state index in [-0.39, 0.29) is 5.97 Å². The van der Waals surface area contributed by atoms with Gasteiger partial charge in [0.25, 0.3) is 0 Å². The van der Waals surface area contributed by atoms with Crippen molar-refractivity contribution in [2.45, 2.75) is 45.2 Å². The molecule has 0 spiro atoms. The summed E-state index contributed by atoms with van der Waals surface area (Å²) in [5.41, 5.74) is -0.575. The maximum absolute atomic E-state index is 12.0. The molecule has 2 unspecified atom stereocenters. The number of carbonyl (C=O) groups is 1. The first-order valence-corrected chi connectivity index (χ1v) is 7.72. The number of esters is 1. The van der Waals surface area contributed by atoms with Gasteiger partial charge in [-0.05, 0) is 33.4 Å². The first kappa shape index (κ1) is 17.4. The van der Waals surface area contributed by atoms with Gasteiger partial charge in [-0.3, -0.25) is 4.79 Å². The SMILES string of the molecule is CCNC(C)(CCN1CCN(C)C(CC)C1)C(=O)OC. The average molecular weight is 285 g/mol. The van der Waals surface area contributed by atoms with Crippen LogP contribution in [0.5, 0.6) is 0 Å². The summed E-state index contributed by atoms with van der Waals surface area (Å²) in [5, 5.41) is 3.27. The van der Waals surface area contributed by atoms with Gasteiger partial charge in [-0.15, -0.1) is 0 Å². The number of nitrogens with one attached hydrogen (secondary N) is 1. The number of likely N-dealkylation sites (N-methyl/N-ethyl adjacent to an activating group) is 2. The van der Waals surface area contributed by atoms with Gasteiger partial charge in [0, 0.05) is 32.2 Å². The molecule has 0 amide bonds. The number of piperazine rings is 1. The fourth-order valence-electron chi connectivity index (χ4n) is 2.91. The highest BCUT2D eigenvalue weighted by Gasteiger charge is 2.34. The van der Waals surface area contributed by atoms with Crippen LogP contribution < -0.4 is 5.32 Å². The van der Waals surface area contributed by atoms with Crippen LogP contribution >= 0.6 is 0 Å². The molecule has 1 heterocycles. The van der Waals surface area contributed by atoms with Crippen molar-refractivity contribution in [1.29, 1.82) is 0 Å². The number of rotatable bonds is 7. The Kier molecular flexibility index (Phi) is 6.92. The molecule has 1 N–H and O–H groups in total. The molecular formula is C15H31N3O2. The number of nitrogens with zero attached hydrogens (tertiary/aromatic N) is 2. The minimum Gasteiger partial charge on any atom is -0.468 e. The third-order valence-electron chi connectivity index (χ3n) is 4.46. The van der Waals surface area contributed by atoms with Gasteiger partial charge in [-0.1, -0.05) is 13.8 Å². The first-order valence-electron chi connectivity index (χ1n) is 7.72. The largest absolute Gasteiger partial charge is 0.468 e. The van der Waals surface area contributed by atoms with E-state index >= 15 is 0 Å². The number of carbonyl (C=O) groups excluding carboxylic acids is 1. The molecule has 20 heavy (non-hydrogen) atoms. The molecule has 0 aromatic rings. The van der Waals surface area contributed by atoms with Crippen molar-refractivity contribution < 1.29 is 9.53 Å². The van der Waals surface area contributed by atoms with Crippen molar-refractivity contribution in [3.63, 3.8) is 0 Å². The smallest absolute Gasteiger partial charge is 0.325 e. The number of ether oxygens (including phenoxy) is 1. The Labute approximate surface area is 123 Å². The quantitative estimate of drug-likeness (QED) is 0.706. The molecule has 5 nitrogen and oxygen atoms in total. The van der Waals surface area contributed by atoms with Crippen LogP contribution in [0.1, 0.15) is 33.6 Å². The van der Waals surface area contributed by atoms with Crippen molar-refractivity contribution in [3.05, 3.63) is 0 Å². The van der Waals surface area contributed by atoms with E-state index in [4.69, 9.17) is 4.74 Å². The second kappa shape index (κ2) is 7.96. The molecule has 1 aliphatic heterocycles. The number of hydrogen-bond donors (Lipinski definition) is 1. The molecule has 0 aromatic heterocycles. The summed E-state index contributed by atoms with van der Waals surface area (Å²) in [6.07, 6.45) is 1.96. The lowest BCUT2D eigenvalue weighted by molar-refractivity contribution is -0.148. The highest BCUT2D eigenvalue weighted by atomic mass is 16.5. The zero-order valence-electron chi connectivity index (χ0n) is 13.7. The predicted molar refractivity (Wildman–Crippen MR) is 81.9 cm³/mol. The topological polar surface area (TPSA) is 44.8 Å². The maximum Gasteiger partial charge on any atom is 0.325 e. The third-order valence-corrected chi connectivity index (χ3v) is 4.46. The Balaban J connectivity index is 2.53. The van der Waals surface area contributed by atoms with E-state index in [0.717, 1.165) is 39.1 Å². The molecule has 0 aromatic carbocycles. The van der Waals surface area contributed by atoms with Crippen molar-refractivity contribution in [2.75, 3.05) is 46.9 Å². The van der Waals surface area contributed by atoms with E-state index in [1.54, 1.807) is 0 Å². The lowest BCUT2D eigenvalue weighted by Crippen LogP contribution is -2.55. The van der Waals surface area contributed by atoms with E-state index < -0.39 is 5.54 Å². The normalized spacial score (nSPS) is 24.4. The van der Waals surface area contributed by atoms with Crippen LogP contribution in [0.2, 0.25) is 0 Å². The van der Waals surface area contributed by atoms with Crippen LogP contribution in [0, 0.1) is 0 Å². The molecule has 0 saturated carbocycles. The average Bonchev–Trinajstić information content (AvgIpc) is 2.45. The molecule has 0 radical (unpaired) electrons. The molecule has 1 rings (SSSR count). The molecular weight excluding hydrogens is 254 g/mol. The zero-order chi connectivity index (χ0) is 15.2. The van der Waals surface area contributed by atoms with E-state index in [1.165, 1.54) is 13.5 Å². The predicted octanol–water partition coefficient (Wildman–Crippen LogP) is 0.944. The lowest BCUT2D eigenvalue weighted by atomic mass is 9.97. The second-order valence-electron chi connectivity index (χ2n) is 5.95. The Morgan fingerprint density at radius 1 is 1.40 bits per heavy atom. The monoisotopic (exact) mass is 285 g/mol. The standard InChI is InChI=1S/C15H31N3O2/c1-6-13-12-18(11-10-17(13)4)9-8-15(3,16-7-2)14(19)20-5/h13,16H,6-12H2,1-5H3. The second-order valence-corrected chi connectivity index (χ2v) is 5.95. The minimum absolute atomic E-state index is 0.166. The summed E-state index contributed by atoms with van der Waals surface area (Å²) >= 11 is 0. The molecule has 0 bridgehead atoms. The van der Waals surface area contributed by atoms with Gasteiger partial charge in [-0.2, -0.15) is 0 Å². The van der Waals surface area contributed by atoms with Gasteiger partial charge in [0.2, 0.25) is 0 Å². The van der Waals surface area contributed by atoms with E-state index in [1.807, 2.05) is 13.8 Å². The fourth-order valence-corrected chi connectivity index (χ4v) is 2.91. The Bertz CT molecular complexity index is 311. The molecule has 118 valence electrons. The lowest BCUT2D eigenvalue weighted by Gasteiger charge is -2.40. The van der Waals surface area contributed by atoms with Gasteiger partial charge >= 0.3 is 5.97 Å². The summed E-state index contributed by atoms with van der Waals surface area (Å²) in [6.45, 7) is 11.2. The van der Waals surface area contributed by atoms with Crippen molar-refractivity contribution >= 4 is 5.97 Å². The molecule has 5 heteroatoms. The van der Waals surface area contributed by atoms with Gasteiger partial charge < -0.3 is 19.9 Å². The highest BCUT2D eigenvalue weighted by Crippen LogP contribution is 2.16. The van der Waals surface area contributed by atoms with Gasteiger partial charge in [0.15, 0.2) is 0 Å². The molecule has 0 aliphatic carbocycles. The Hall–Kier alpha value is -0.650. The summed E-state index contributed by atoms with van der Waals surface area (Å²) in [6, 6.07) is 0.632. The van der Waals surface area contributed by atoms with Crippen LogP contribution in [0.15, 0.2) is 0 Å². The number of hydrogen-bond acceptors (Lipinski definition) is 5. The fraction of sp³-hybridized carbons (Fsp3) is 0.933. The third kappa shape index (κ3) is 4.43. The van der Waals surface area contributed by atoms with E-state index in [0.29, 0.717) is 6.04 Å². The van der Waals surface area contributed by atoms with Gasteiger partial charge in [0.1, 0.15) is 5.54 Å². The molecule has 1 saturated heterocycles. The summed E-state index contributed by atoms with van der Waals surface area (Å²) in [4.78, 5) is 16.9. The highest BCUT2D eigenvalue weighted by molar-refractivity contribution is 5.80. The van der Waals surface area contributed by atoms with Crippen molar-refractivity contribution in [3.8, 4) is 0 Å². The van der Waals surface area contributed by atoms with Crippen LogP contribution in [0.25, 0.3) is 0 Å². The molecule has 1 fully saturated rings. The zero-order valence-corrected chi connectivity index (χ0v) is 13.7. The Morgan fingerprint density at radius 2 is 2.10 bits per heavy atom. The molecule has 2 atom stereocenters. The van der Waals surface area contributed by atoms with Crippen LogP contribution in [-0.2, 0) is 9.53 Å². The van der Waals surface area contributed by atoms with Crippen molar-refractivity contribution in [2.24, 2.45) is 0 Å². The van der Waals surface area contributed by atoms with Crippen molar-refractivity contribution in [1.82, 2.24) is 15.1 Å². The van der Waals surface area contributed by atoms with Crippen LogP contribution in [-0.4, -0.2) is 74.2 Å². The number of methoxy groups -OCH3 is 1. The van der Waals surface area contributed by atoms with E-state index in [2.05, 4.69) is 29.1 Å². The van der Waals surface area contributed by atoms with Gasteiger partial charge in [-0.25, -0.2) is 0 Å². The summed E-state index contributed by atoms with van der Waals surface area (Å²) < 4.78 is 4.94. The summed E-state index contributed by atoms with van der Waals surface area (Å²) in [7, 11) is 3.66. The summed E-state index contributed by atoms with van der Waals surface area (Å²) in [5.74, 6) is -0.166. The maximum atomic E-state index is 12.0. The molecule has 1 aliphatic rings. The minimum atomic E-state index is -0.575. The first-order chi connectivity index (χ1) is 9.46. The van der Waals surface area contributed by atoms with Crippen LogP contribution in [0.3, 0.4) is 0 Å². The van der Waals surface area contributed by atoms with E-state index in [9.17, 15) is 4.79 Å². The van der Waals surface area contributed by atoms with Crippen LogP contribution in [0.4, 0.5) is 0 Å². The Morgan fingerprint density at radius 3 is 2.65 bits per heavy atom.